The van der Waals surface area contributed by atoms with Gasteiger partial charge in [-0.25, -0.2) is 0 Å². The zero-order valence-electron chi connectivity index (χ0n) is 16.5. The van der Waals surface area contributed by atoms with Gasteiger partial charge in [-0.2, -0.15) is 13.2 Å². The van der Waals surface area contributed by atoms with Crippen LogP contribution < -0.4 is 11.1 Å². The molecule has 0 aromatic heterocycles. The number of carbonyl (C=O) groups is 1. The summed E-state index contributed by atoms with van der Waals surface area (Å²) in [6.07, 6.45) is -3.81. The van der Waals surface area contributed by atoms with Gasteiger partial charge in [-0.15, -0.1) is 0 Å². The molecule has 0 radical (unpaired) electrons. The number of amides is 1. The number of nitrogens with one attached hydrogen (secondary N) is 1. The van der Waals surface area contributed by atoms with Gasteiger partial charge >= 0.3 is 6.18 Å². The number of alkyl halides is 3. The van der Waals surface area contributed by atoms with Crippen LogP contribution in [0.4, 0.5) is 18.9 Å². The van der Waals surface area contributed by atoms with E-state index in [0.29, 0.717) is 6.42 Å². The summed E-state index contributed by atoms with van der Waals surface area (Å²) >= 11 is 0. The molecule has 3 N–H and O–H groups in total. The van der Waals surface area contributed by atoms with Gasteiger partial charge in [-0.3, -0.25) is 4.79 Å². The van der Waals surface area contributed by atoms with E-state index in [1.165, 1.54) is 12.1 Å². The highest BCUT2D eigenvalue weighted by atomic mass is 19.4. The van der Waals surface area contributed by atoms with E-state index in [2.05, 4.69) is 5.32 Å². The van der Waals surface area contributed by atoms with Crippen molar-refractivity contribution in [2.24, 2.45) is 11.7 Å². The highest BCUT2D eigenvalue weighted by Gasteiger charge is 2.30. The number of nitrogens with two attached hydrogens (primary N) is 1. The molecule has 0 saturated carbocycles. The van der Waals surface area contributed by atoms with E-state index < -0.39 is 23.7 Å². The summed E-state index contributed by atoms with van der Waals surface area (Å²) in [5.74, 6) is -0.579. The van der Waals surface area contributed by atoms with Crippen LogP contribution in [0.3, 0.4) is 0 Å². The lowest BCUT2D eigenvalue weighted by atomic mass is 9.93. The number of carbonyl (C=O) groups excluding carboxylic acids is 1. The number of rotatable bonds is 6. The normalized spacial score (nSPS) is 13.5. The van der Waals surface area contributed by atoms with E-state index in [-0.39, 0.29) is 11.6 Å². The van der Waals surface area contributed by atoms with Gasteiger partial charge in [0.2, 0.25) is 5.91 Å². The number of hydrogen-bond donors (Lipinski definition) is 2. The lowest BCUT2D eigenvalue weighted by Gasteiger charge is -2.20. The summed E-state index contributed by atoms with van der Waals surface area (Å²) in [6, 6.07) is 21.6. The Kier molecular flexibility index (Phi) is 6.57. The van der Waals surface area contributed by atoms with E-state index in [1.807, 2.05) is 61.5 Å². The molecule has 3 aromatic rings. The molecule has 1 unspecified atom stereocenters. The summed E-state index contributed by atoms with van der Waals surface area (Å²) in [4.78, 5) is 12.4. The highest BCUT2D eigenvalue weighted by Crippen LogP contribution is 2.30. The second kappa shape index (κ2) is 9.13. The number of anilines is 1. The van der Waals surface area contributed by atoms with Crippen LogP contribution in [-0.2, 0) is 17.4 Å². The van der Waals surface area contributed by atoms with Crippen LogP contribution >= 0.6 is 0 Å². The molecule has 3 rings (SSSR count). The molecule has 3 nitrogen and oxygen atoms in total. The third-order valence-corrected chi connectivity index (χ3v) is 5.01. The minimum atomic E-state index is -4.41. The number of hydrogen-bond acceptors (Lipinski definition) is 2. The summed E-state index contributed by atoms with van der Waals surface area (Å²) in [5.41, 5.74) is 8.89. The highest BCUT2D eigenvalue weighted by molar-refractivity contribution is 5.94. The fraction of sp³-hybridized carbons (Fsp3) is 0.208. The maximum absolute atomic E-state index is 12.6. The minimum absolute atomic E-state index is 0.151. The van der Waals surface area contributed by atoms with E-state index >= 15 is 0 Å². The van der Waals surface area contributed by atoms with E-state index in [4.69, 9.17) is 5.73 Å². The van der Waals surface area contributed by atoms with Crippen LogP contribution in [-0.4, -0.2) is 11.9 Å². The summed E-state index contributed by atoms with van der Waals surface area (Å²) in [6.45, 7) is 1.88. The molecule has 0 aliphatic rings. The van der Waals surface area contributed by atoms with Crippen LogP contribution in [0.2, 0.25) is 0 Å². The zero-order valence-corrected chi connectivity index (χ0v) is 16.5. The third-order valence-electron chi connectivity index (χ3n) is 5.01. The average Bonchev–Trinajstić information content (AvgIpc) is 2.74. The van der Waals surface area contributed by atoms with E-state index in [9.17, 15) is 18.0 Å². The van der Waals surface area contributed by atoms with Gasteiger partial charge < -0.3 is 11.1 Å². The van der Waals surface area contributed by atoms with Gasteiger partial charge in [-0.1, -0.05) is 61.5 Å². The van der Waals surface area contributed by atoms with E-state index in [1.54, 1.807) is 0 Å². The standard InChI is InChI=1S/C24H23F3N2O/c1-16(15-17-7-9-19(10-8-17)18-5-3-2-4-6-18)22(28)23(30)29-21-13-11-20(12-14-21)24(25,26)27/h2-14,16,22H,15,28H2,1H3,(H,29,30)/t16?,22-/m0/s1. The average molecular weight is 412 g/mol. The first-order chi connectivity index (χ1) is 14.2. The Labute approximate surface area is 173 Å². The first-order valence-corrected chi connectivity index (χ1v) is 9.62. The number of benzene rings is 3. The van der Waals surface area contributed by atoms with Crippen LogP contribution in [0, 0.1) is 5.92 Å². The largest absolute Gasteiger partial charge is 0.416 e. The van der Waals surface area contributed by atoms with Crippen molar-refractivity contribution < 1.29 is 18.0 Å². The second-order valence-electron chi connectivity index (χ2n) is 7.33. The molecule has 0 bridgehead atoms. The molecule has 6 heteroatoms. The van der Waals surface area contributed by atoms with Crippen molar-refractivity contribution in [3.05, 3.63) is 90.0 Å². The summed E-state index contributed by atoms with van der Waals surface area (Å²) < 4.78 is 37.9. The molecule has 0 spiro atoms. The van der Waals surface area contributed by atoms with E-state index in [0.717, 1.165) is 28.8 Å². The molecule has 0 saturated heterocycles. The predicted octanol–water partition coefficient (Wildman–Crippen LogP) is 5.52. The first kappa shape index (κ1) is 21.6. The maximum Gasteiger partial charge on any atom is 0.416 e. The molecule has 0 aliphatic carbocycles. The molecule has 0 fully saturated rings. The van der Waals surface area contributed by atoms with Crippen molar-refractivity contribution in [3.63, 3.8) is 0 Å². The lowest BCUT2D eigenvalue weighted by molar-refractivity contribution is -0.137. The smallest absolute Gasteiger partial charge is 0.325 e. The van der Waals surface area contributed by atoms with Crippen molar-refractivity contribution >= 4 is 11.6 Å². The Morgan fingerprint density at radius 3 is 2.03 bits per heavy atom. The lowest BCUT2D eigenvalue weighted by Crippen LogP contribution is -2.41. The Balaban J connectivity index is 1.58. The zero-order chi connectivity index (χ0) is 21.7. The first-order valence-electron chi connectivity index (χ1n) is 9.62. The molecule has 156 valence electrons. The topological polar surface area (TPSA) is 55.1 Å². The molecular weight excluding hydrogens is 389 g/mol. The molecule has 30 heavy (non-hydrogen) atoms. The van der Waals surface area contributed by atoms with Gasteiger partial charge in [0.15, 0.2) is 0 Å². The van der Waals surface area contributed by atoms with Crippen LogP contribution in [0.15, 0.2) is 78.9 Å². The molecule has 1 amide bonds. The van der Waals surface area contributed by atoms with Crippen molar-refractivity contribution in [1.82, 2.24) is 0 Å². The quantitative estimate of drug-likeness (QED) is 0.560. The monoisotopic (exact) mass is 412 g/mol. The van der Waals surface area contributed by atoms with Crippen LogP contribution in [0.5, 0.6) is 0 Å². The van der Waals surface area contributed by atoms with Gasteiger partial charge in [0, 0.05) is 5.69 Å². The molecule has 0 heterocycles. The van der Waals surface area contributed by atoms with Crippen LogP contribution in [0.25, 0.3) is 11.1 Å². The third kappa shape index (κ3) is 5.48. The Hall–Kier alpha value is -3.12. The Morgan fingerprint density at radius 2 is 1.47 bits per heavy atom. The molecule has 0 aliphatic heterocycles. The minimum Gasteiger partial charge on any atom is -0.325 e. The summed E-state index contributed by atoms with van der Waals surface area (Å²) in [7, 11) is 0. The second-order valence-corrected chi connectivity index (χ2v) is 7.33. The van der Waals surface area contributed by atoms with Gasteiger partial charge in [-0.05, 0) is 53.3 Å². The predicted molar refractivity (Wildman–Crippen MR) is 113 cm³/mol. The van der Waals surface area contributed by atoms with Crippen molar-refractivity contribution in [3.8, 4) is 11.1 Å². The van der Waals surface area contributed by atoms with Crippen molar-refractivity contribution in [2.75, 3.05) is 5.32 Å². The fourth-order valence-electron chi connectivity index (χ4n) is 3.19. The summed E-state index contributed by atoms with van der Waals surface area (Å²) in [5, 5.41) is 2.59. The van der Waals surface area contributed by atoms with Crippen LogP contribution in [0.1, 0.15) is 18.1 Å². The van der Waals surface area contributed by atoms with Gasteiger partial charge in [0.1, 0.15) is 0 Å². The Morgan fingerprint density at radius 1 is 0.900 bits per heavy atom. The molecule has 3 aromatic carbocycles. The SMILES string of the molecule is CC(Cc1ccc(-c2ccccc2)cc1)[C@H](N)C(=O)Nc1ccc(C(F)(F)F)cc1. The van der Waals surface area contributed by atoms with Crippen molar-refractivity contribution in [2.45, 2.75) is 25.6 Å². The van der Waals surface area contributed by atoms with Gasteiger partial charge in [0.25, 0.3) is 0 Å². The molecule has 2 atom stereocenters. The van der Waals surface area contributed by atoms with Crippen molar-refractivity contribution in [1.29, 1.82) is 0 Å². The Bertz CT molecular complexity index is 968. The molecular formula is C24H23F3N2O. The fourth-order valence-corrected chi connectivity index (χ4v) is 3.19. The maximum atomic E-state index is 12.6. The van der Waals surface area contributed by atoms with Gasteiger partial charge in [0.05, 0.1) is 11.6 Å². The number of halogens is 3.